The Morgan fingerprint density at radius 2 is 1.91 bits per heavy atom. The zero-order valence-corrected chi connectivity index (χ0v) is 18.0. The highest BCUT2D eigenvalue weighted by atomic mass is 16.8. The summed E-state index contributed by atoms with van der Waals surface area (Å²) in [5.41, 5.74) is -1.74. The maximum absolute atomic E-state index is 12.7. The Labute approximate surface area is 189 Å². The van der Waals surface area contributed by atoms with Crippen LogP contribution in [0.4, 0.5) is 0 Å². The predicted octanol–water partition coefficient (Wildman–Crippen LogP) is -0.469. The van der Waals surface area contributed by atoms with Gasteiger partial charge in [-0.2, -0.15) is 0 Å². The minimum Gasteiger partial charge on any atom is -0.461 e. The number of ketones is 1. The third-order valence-corrected chi connectivity index (χ3v) is 8.27. The van der Waals surface area contributed by atoms with E-state index in [0.29, 0.717) is 5.56 Å². The zero-order chi connectivity index (χ0) is 23.2. The summed E-state index contributed by atoms with van der Waals surface area (Å²) in [5, 5.41) is 30.4. The molecule has 3 saturated heterocycles. The topological polar surface area (TPSA) is 141 Å². The first-order valence-electron chi connectivity index (χ1n) is 11.2. The molecule has 0 radical (unpaired) electrons. The van der Waals surface area contributed by atoms with Gasteiger partial charge in [0.25, 0.3) is 0 Å². The summed E-state index contributed by atoms with van der Waals surface area (Å²) < 4.78 is 30.3. The average molecular weight is 462 g/mol. The van der Waals surface area contributed by atoms with E-state index in [1.165, 1.54) is 0 Å². The van der Waals surface area contributed by atoms with Gasteiger partial charge in [-0.25, -0.2) is 4.79 Å². The molecule has 5 fully saturated rings. The molecule has 178 valence electrons. The third-order valence-electron chi connectivity index (χ3n) is 8.27. The number of rotatable bonds is 4. The SMILES string of the molecule is C[C@@]12O[C@H]3[C@@H](O[C@H](CO)[C@@H](O)[C@@H]3O)O[C@@]13C[C@H]1C(=O)C[C@@H](O2)[C@]13COC(=O)c1ccccc1. The zero-order valence-electron chi connectivity index (χ0n) is 18.0. The summed E-state index contributed by atoms with van der Waals surface area (Å²) in [6.07, 6.45) is -6.14. The monoisotopic (exact) mass is 462 g/mol. The highest BCUT2D eigenvalue weighted by Crippen LogP contribution is 2.75. The summed E-state index contributed by atoms with van der Waals surface area (Å²) in [6.45, 7) is 1.06. The molecule has 2 aliphatic carbocycles. The molecule has 0 unspecified atom stereocenters. The number of aliphatic hydroxyl groups excluding tert-OH is 3. The fraction of sp³-hybridized carbons (Fsp3) is 0.652. The molecule has 1 spiro atoms. The Balaban J connectivity index is 1.33. The number of hydrogen-bond acceptors (Lipinski definition) is 10. The van der Waals surface area contributed by atoms with Gasteiger partial charge in [0.1, 0.15) is 42.4 Å². The van der Waals surface area contributed by atoms with Crippen LogP contribution < -0.4 is 0 Å². The quantitative estimate of drug-likeness (QED) is 0.503. The van der Waals surface area contributed by atoms with Crippen LogP contribution in [0.1, 0.15) is 30.1 Å². The van der Waals surface area contributed by atoms with E-state index in [1.54, 1.807) is 37.3 Å². The molecule has 1 aromatic carbocycles. The number of fused-ring (bicyclic) bond motifs is 1. The molecule has 6 rings (SSSR count). The first-order valence-corrected chi connectivity index (χ1v) is 11.2. The lowest BCUT2D eigenvalue weighted by molar-refractivity contribution is -0.466. The number of benzene rings is 1. The van der Waals surface area contributed by atoms with Gasteiger partial charge in [-0.3, -0.25) is 4.79 Å². The Kier molecular flexibility index (Phi) is 4.61. The van der Waals surface area contributed by atoms with Crippen LogP contribution >= 0.6 is 0 Å². The normalized spacial score (nSPS) is 49.6. The number of esters is 1. The maximum atomic E-state index is 12.7. The molecule has 33 heavy (non-hydrogen) atoms. The first kappa shape index (κ1) is 21.6. The van der Waals surface area contributed by atoms with Crippen LogP contribution in [0, 0.1) is 11.3 Å². The Morgan fingerprint density at radius 3 is 2.64 bits per heavy atom. The van der Waals surface area contributed by atoms with Crippen molar-refractivity contribution in [3.05, 3.63) is 35.9 Å². The maximum Gasteiger partial charge on any atom is 0.338 e. The smallest absolute Gasteiger partial charge is 0.338 e. The van der Waals surface area contributed by atoms with E-state index in [2.05, 4.69) is 0 Å². The second-order valence-corrected chi connectivity index (χ2v) is 9.70. The van der Waals surface area contributed by atoms with Crippen LogP contribution in [-0.2, 0) is 28.5 Å². The van der Waals surface area contributed by atoms with Gasteiger partial charge >= 0.3 is 5.97 Å². The van der Waals surface area contributed by atoms with Crippen molar-refractivity contribution in [1.29, 1.82) is 0 Å². The van der Waals surface area contributed by atoms with E-state index in [-0.39, 0.29) is 25.2 Å². The highest BCUT2D eigenvalue weighted by Gasteiger charge is 2.89. The standard InChI is InChI=1S/C23H26O10/c1-21-23(33-20-18(32-21)17(27)16(26)14(9-24)30-20)8-12-13(25)7-15(31-21)22(12,23)10-29-19(28)11-5-3-2-4-6-11/h2-6,12,14-18,20,24,26-27H,7-10H2,1H3/t12-,14+,15+,16+,17-,18+,20-,21+,22-,23-/m0/s1. The summed E-state index contributed by atoms with van der Waals surface area (Å²) in [7, 11) is 0. The number of carbonyl (C=O) groups is 2. The molecule has 3 N–H and O–H groups in total. The van der Waals surface area contributed by atoms with Crippen LogP contribution in [-0.4, -0.2) is 88.5 Å². The van der Waals surface area contributed by atoms with Crippen molar-refractivity contribution < 1.29 is 48.6 Å². The lowest BCUT2D eigenvalue weighted by Gasteiger charge is -2.65. The predicted molar refractivity (Wildman–Crippen MR) is 107 cm³/mol. The largest absolute Gasteiger partial charge is 0.461 e. The Bertz CT molecular complexity index is 985. The van der Waals surface area contributed by atoms with E-state index in [0.717, 1.165) is 0 Å². The lowest BCUT2D eigenvalue weighted by Crippen LogP contribution is -2.79. The van der Waals surface area contributed by atoms with Gasteiger partial charge in [0.2, 0.25) is 0 Å². The summed E-state index contributed by atoms with van der Waals surface area (Å²) in [5.74, 6) is -2.29. The van der Waals surface area contributed by atoms with Crippen LogP contribution in [0.3, 0.4) is 0 Å². The number of ether oxygens (including phenoxy) is 5. The van der Waals surface area contributed by atoms with E-state index in [4.69, 9.17) is 23.7 Å². The number of carbonyl (C=O) groups excluding carboxylic acids is 2. The fourth-order valence-corrected chi connectivity index (χ4v) is 6.60. The van der Waals surface area contributed by atoms with Crippen molar-refractivity contribution >= 4 is 11.8 Å². The van der Waals surface area contributed by atoms with Crippen molar-refractivity contribution in [3.8, 4) is 0 Å². The van der Waals surface area contributed by atoms with Crippen LogP contribution in [0.25, 0.3) is 0 Å². The minimum absolute atomic E-state index is 0.0161. The summed E-state index contributed by atoms with van der Waals surface area (Å²) in [4.78, 5) is 25.4. The summed E-state index contributed by atoms with van der Waals surface area (Å²) >= 11 is 0. The fourth-order valence-electron chi connectivity index (χ4n) is 6.60. The summed E-state index contributed by atoms with van der Waals surface area (Å²) in [6, 6.07) is 8.56. The van der Waals surface area contributed by atoms with Crippen molar-refractivity contribution in [2.75, 3.05) is 13.2 Å². The molecule has 0 amide bonds. The van der Waals surface area contributed by atoms with Gasteiger partial charge in [-0.15, -0.1) is 0 Å². The molecule has 0 bridgehead atoms. The van der Waals surface area contributed by atoms with Crippen molar-refractivity contribution in [2.24, 2.45) is 11.3 Å². The van der Waals surface area contributed by atoms with Crippen molar-refractivity contribution in [3.63, 3.8) is 0 Å². The highest BCUT2D eigenvalue weighted by molar-refractivity contribution is 5.90. The number of hydrogen-bond donors (Lipinski definition) is 3. The van der Waals surface area contributed by atoms with E-state index >= 15 is 0 Å². The van der Waals surface area contributed by atoms with Gasteiger partial charge in [0, 0.05) is 12.3 Å². The van der Waals surface area contributed by atoms with Crippen LogP contribution in [0.5, 0.6) is 0 Å². The van der Waals surface area contributed by atoms with Gasteiger partial charge in [-0.05, 0) is 25.5 Å². The molecule has 10 nitrogen and oxygen atoms in total. The molecule has 2 saturated carbocycles. The van der Waals surface area contributed by atoms with Crippen molar-refractivity contribution in [2.45, 2.75) is 68.0 Å². The third kappa shape index (κ3) is 2.57. The van der Waals surface area contributed by atoms with E-state index < -0.39 is 72.1 Å². The van der Waals surface area contributed by atoms with Gasteiger partial charge in [0.05, 0.1) is 23.7 Å². The Morgan fingerprint density at radius 1 is 1.15 bits per heavy atom. The molecule has 10 atom stereocenters. The van der Waals surface area contributed by atoms with Crippen molar-refractivity contribution in [1.82, 2.24) is 0 Å². The second-order valence-electron chi connectivity index (χ2n) is 9.70. The van der Waals surface area contributed by atoms with E-state index in [9.17, 15) is 24.9 Å². The molecule has 1 aromatic rings. The Hall–Kier alpha value is -1.92. The van der Waals surface area contributed by atoms with Gasteiger partial charge < -0.3 is 39.0 Å². The molecule has 3 heterocycles. The second kappa shape index (κ2) is 7.05. The van der Waals surface area contributed by atoms with Crippen LogP contribution in [0.2, 0.25) is 0 Å². The number of Topliss-reactive ketones (excluding diaryl/α,β-unsaturated/α-hetero) is 1. The van der Waals surface area contributed by atoms with Gasteiger partial charge in [-0.1, -0.05) is 18.2 Å². The first-order chi connectivity index (χ1) is 15.8. The minimum atomic E-state index is -1.37. The lowest BCUT2D eigenvalue weighted by atomic mass is 9.49. The molecule has 10 heteroatoms. The molecular formula is C23H26O10. The molecule has 5 aliphatic rings. The van der Waals surface area contributed by atoms with Gasteiger partial charge in [0.15, 0.2) is 12.1 Å². The molecular weight excluding hydrogens is 436 g/mol. The molecule has 0 aromatic heterocycles. The van der Waals surface area contributed by atoms with E-state index in [1.807, 2.05) is 0 Å². The molecule has 3 aliphatic heterocycles. The number of aliphatic hydroxyl groups is 3. The van der Waals surface area contributed by atoms with Crippen LogP contribution in [0.15, 0.2) is 30.3 Å². The average Bonchev–Trinajstić information content (AvgIpc) is 3.09.